The second-order valence-electron chi connectivity index (χ2n) is 4.85. The highest BCUT2D eigenvalue weighted by Crippen LogP contribution is 2.42. The van der Waals surface area contributed by atoms with Crippen LogP contribution in [0.3, 0.4) is 0 Å². The quantitative estimate of drug-likeness (QED) is 0.721. The Morgan fingerprint density at radius 3 is 2.10 bits per heavy atom. The van der Waals surface area contributed by atoms with Gasteiger partial charge in [-0.1, -0.05) is 6.42 Å². The molecule has 1 aliphatic rings. The number of aromatic carboxylic acids is 1. The molecule has 6 nitrogen and oxygen atoms in total. The van der Waals surface area contributed by atoms with Crippen LogP contribution in [0.4, 0.5) is 5.69 Å². The number of carbonyl (C=O) groups excluding carboxylic acids is 2. The molecule has 0 aliphatic heterocycles. The zero-order chi connectivity index (χ0) is 14.8. The monoisotopic (exact) mass is 276 g/mol. The van der Waals surface area contributed by atoms with E-state index in [0.29, 0.717) is 18.5 Å². The van der Waals surface area contributed by atoms with Gasteiger partial charge in [0.25, 0.3) is 0 Å². The zero-order valence-corrected chi connectivity index (χ0v) is 11.1. The van der Waals surface area contributed by atoms with Gasteiger partial charge in [-0.15, -0.1) is 0 Å². The van der Waals surface area contributed by atoms with Gasteiger partial charge in [0, 0.05) is 12.7 Å². The first-order valence-corrected chi connectivity index (χ1v) is 6.36. The van der Waals surface area contributed by atoms with Crippen molar-refractivity contribution >= 4 is 23.5 Å². The summed E-state index contributed by atoms with van der Waals surface area (Å²) in [4.78, 5) is 34.8. The number of amides is 2. The molecule has 1 aromatic rings. The third kappa shape index (κ3) is 2.36. The minimum Gasteiger partial charge on any atom is -0.478 e. The number of hydrogen-bond acceptors (Lipinski definition) is 3. The SMILES string of the molecule is CNC(=O)C1(C(=O)Nc2ccc(C(=O)O)cc2)CCC1. The van der Waals surface area contributed by atoms with Crippen LogP contribution in [-0.2, 0) is 9.59 Å². The molecule has 0 spiro atoms. The average molecular weight is 276 g/mol. The zero-order valence-electron chi connectivity index (χ0n) is 11.1. The molecule has 0 heterocycles. The number of carbonyl (C=O) groups is 3. The highest BCUT2D eigenvalue weighted by atomic mass is 16.4. The second-order valence-corrected chi connectivity index (χ2v) is 4.85. The minimum absolute atomic E-state index is 0.146. The fraction of sp³-hybridized carbons (Fsp3) is 0.357. The predicted octanol–water partition coefficient (Wildman–Crippen LogP) is 1.24. The van der Waals surface area contributed by atoms with E-state index in [1.807, 2.05) is 0 Å². The van der Waals surface area contributed by atoms with Crippen molar-refractivity contribution in [1.82, 2.24) is 5.32 Å². The molecule has 20 heavy (non-hydrogen) atoms. The Labute approximate surface area is 116 Å². The van der Waals surface area contributed by atoms with Gasteiger partial charge in [0.15, 0.2) is 0 Å². The number of rotatable bonds is 4. The molecule has 2 rings (SSSR count). The van der Waals surface area contributed by atoms with E-state index in [2.05, 4.69) is 10.6 Å². The summed E-state index contributed by atoms with van der Waals surface area (Å²) in [5.41, 5.74) is -0.358. The summed E-state index contributed by atoms with van der Waals surface area (Å²) < 4.78 is 0. The van der Waals surface area contributed by atoms with Gasteiger partial charge in [-0.05, 0) is 37.1 Å². The van der Waals surface area contributed by atoms with E-state index in [0.717, 1.165) is 6.42 Å². The fourth-order valence-electron chi connectivity index (χ4n) is 2.27. The number of carboxylic acids is 1. The molecular formula is C14H16N2O4. The molecule has 0 bridgehead atoms. The number of carboxylic acid groups (broad SMARTS) is 1. The first-order chi connectivity index (χ1) is 9.49. The molecule has 0 atom stereocenters. The summed E-state index contributed by atoms with van der Waals surface area (Å²) in [6.45, 7) is 0. The molecule has 0 saturated heterocycles. The van der Waals surface area contributed by atoms with E-state index < -0.39 is 11.4 Å². The van der Waals surface area contributed by atoms with E-state index in [1.165, 1.54) is 31.3 Å². The number of hydrogen-bond donors (Lipinski definition) is 3. The molecule has 6 heteroatoms. The summed E-state index contributed by atoms with van der Waals surface area (Å²) in [6, 6.07) is 5.84. The van der Waals surface area contributed by atoms with E-state index >= 15 is 0 Å². The van der Waals surface area contributed by atoms with Gasteiger partial charge in [0.1, 0.15) is 5.41 Å². The van der Waals surface area contributed by atoms with Crippen LogP contribution < -0.4 is 10.6 Å². The maximum absolute atomic E-state index is 12.2. The smallest absolute Gasteiger partial charge is 0.335 e. The van der Waals surface area contributed by atoms with Gasteiger partial charge in [0.2, 0.25) is 11.8 Å². The van der Waals surface area contributed by atoms with Crippen LogP contribution in [0.15, 0.2) is 24.3 Å². The lowest BCUT2D eigenvalue weighted by Gasteiger charge is -2.38. The van der Waals surface area contributed by atoms with Gasteiger partial charge in [-0.3, -0.25) is 9.59 Å². The van der Waals surface area contributed by atoms with Crippen molar-refractivity contribution in [2.75, 3.05) is 12.4 Å². The molecule has 1 fully saturated rings. The number of anilines is 1. The Kier molecular flexibility index (Phi) is 3.74. The van der Waals surface area contributed by atoms with Gasteiger partial charge >= 0.3 is 5.97 Å². The van der Waals surface area contributed by atoms with Crippen LogP contribution in [-0.4, -0.2) is 29.9 Å². The fourth-order valence-corrected chi connectivity index (χ4v) is 2.27. The molecule has 1 aliphatic carbocycles. The Bertz CT molecular complexity index is 547. The molecule has 3 N–H and O–H groups in total. The van der Waals surface area contributed by atoms with Crippen molar-refractivity contribution in [3.05, 3.63) is 29.8 Å². The van der Waals surface area contributed by atoms with E-state index in [4.69, 9.17) is 5.11 Å². The molecule has 2 amide bonds. The Morgan fingerprint density at radius 1 is 1.10 bits per heavy atom. The van der Waals surface area contributed by atoms with Crippen LogP contribution >= 0.6 is 0 Å². The summed E-state index contributed by atoms with van der Waals surface area (Å²) in [5.74, 6) is -1.64. The second kappa shape index (κ2) is 5.32. The van der Waals surface area contributed by atoms with Crippen molar-refractivity contribution in [1.29, 1.82) is 0 Å². The van der Waals surface area contributed by atoms with Crippen LogP contribution in [0.1, 0.15) is 29.6 Å². The lowest BCUT2D eigenvalue weighted by Crippen LogP contribution is -2.52. The maximum Gasteiger partial charge on any atom is 0.335 e. The van der Waals surface area contributed by atoms with Crippen molar-refractivity contribution in [3.8, 4) is 0 Å². The third-order valence-corrected chi connectivity index (χ3v) is 3.69. The lowest BCUT2D eigenvalue weighted by molar-refractivity contribution is -0.146. The van der Waals surface area contributed by atoms with Crippen molar-refractivity contribution in [2.24, 2.45) is 5.41 Å². The standard InChI is InChI=1S/C14H16N2O4/c1-15-12(19)14(7-2-8-14)13(20)16-10-5-3-9(4-6-10)11(17)18/h3-6H,2,7-8H2,1H3,(H,15,19)(H,16,20)(H,17,18). The molecule has 0 radical (unpaired) electrons. The molecule has 0 unspecified atom stereocenters. The number of benzene rings is 1. The first kappa shape index (κ1) is 14.0. The highest BCUT2D eigenvalue weighted by molar-refractivity contribution is 6.11. The summed E-state index contributed by atoms with van der Waals surface area (Å²) in [6.07, 6.45) is 1.91. The molecule has 1 aromatic carbocycles. The normalized spacial score (nSPS) is 15.8. The summed E-state index contributed by atoms with van der Waals surface area (Å²) in [5, 5.41) is 14.0. The molecule has 106 valence electrons. The number of nitrogens with one attached hydrogen (secondary N) is 2. The highest BCUT2D eigenvalue weighted by Gasteiger charge is 2.50. The van der Waals surface area contributed by atoms with Gasteiger partial charge in [-0.25, -0.2) is 4.79 Å². The topological polar surface area (TPSA) is 95.5 Å². The van der Waals surface area contributed by atoms with Crippen molar-refractivity contribution in [2.45, 2.75) is 19.3 Å². The summed E-state index contributed by atoms with van der Waals surface area (Å²) >= 11 is 0. The van der Waals surface area contributed by atoms with Crippen molar-refractivity contribution in [3.63, 3.8) is 0 Å². The average Bonchev–Trinajstić information content (AvgIpc) is 2.37. The largest absolute Gasteiger partial charge is 0.478 e. The van der Waals surface area contributed by atoms with Crippen LogP contribution in [0.2, 0.25) is 0 Å². The molecular weight excluding hydrogens is 260 g/mol. The predicted molar refractivity (Wildman–Crippen MR) is 72.4 cm³/mol. The van der Waals surface area contributed by atoms with Gasteiger partial charge in [0.05, 0.1) is 5.56 Å². The minimum atomic E-state index is -1.02. The third-order valence-electron chi connectivity index (χ3n) is 3.69. The van der Waals surface area contributed by atoms with E-state index in [-0.39, 0.29) is 17.4 Å². The first-order valence-electron chi connectivity index (χ1n) is 6.36. The maximum atomic E-state index is 12.2. The lowest BCUT2D eigenvalue weighted by atomic mass is 9.67. The van der Waals surface area contributed by atoms with Gasteiger partial charge < -0.3 is 15.7 Å². The van der Waals surface area contributed by atoms with Gasteiger partial charge in [-0.2, -0.15) is 0 Å². The molecule has 1 saturated carbocycles. The van der Waals surface area contributed by atoms with Crippen molar-refractivity contribution < 1.29 is 19.5 Å². The van der Waals surface area contributed by atoms with E-state index in [9.17, 15) is 14.4 Å². The van der Waals surface area contributed by atoms with Crippen LogP contribution in [0.25, 0.3) is 0 Å². The Morgan fingerprint density at radius 2 is 1.70 bits per heavy atom. The van der Waals surface area contributed by atoms with Crippen LogP contribution in [0, 0.1) is 5.41 Å². The van der Waals surface area contributed by atoms with Crippen LogP contribution in [0.5, 0.6) is 0 Å². The molecule has 0 aromatic heterocycles. The summed E-state index contributed by atoms with van der Waals surface area (Å²) in [7, 11) is 1.51. The Balaban J connectivity index is 2.11. The Hall–Kier alpha value is -2.37. The van der Waals surface area contributed by atoms with E-state index in [1.54, 1.807) is 0 Å².